The zero-order chi connectivity index (χ0) is 13.7. The molecule has 2 rings (SSSR count). The fourth-order valence-corrected chi connectivity index (χ4v) is 4.30. The van der Waals surface area contributed by atoms with E-state index in [9.17, 15) is 8.42 Å². The zero-order valence-corrected chi connectivity index (χ0v) is 12.0. The molecule has 0 aliphatic carbocycles. The summed E-state index contributed by atoms with van der Waals surface area (Å²) in [6, 6.07) is 3.45. The molecule has 19 heavy (non-hydrogen) atoms. The molecule has 1 saturated heterocycles. The van der Waals surface area contributed by atoms with Crippen molar-refractivity contribution in [1.82, 2.24) is 4.98 Å². The molecule has 5 nitrogen and oxygen atoms in total. The summed E-state index contributed by atoms with van der Waals surface area (Å²) in [4.78, 5) is 3.92. The molecule has 0 N–H and O–H groups in total. The molecule has 0 radical (unpaired) electrons. The molecule has 0 aromatic carbocycles. The number of ether oxygens (including phenoxy) is 1. The van der Waals surface area contributed by atoms with Gasteiger partial charge in [0.2, 0.25) is 10.0 Å². The van der Waals surface area contributed by atoms with Crippen molar-refractivity contribution in [3.63, 3.8) is 0 Å². The van der Waals surface area contributed by atoms with E-state index in [1.54, 1.807) is 24.5 Å². The predicted octanol–water partition coefficient (Wildman–Crippen LogP) is 1.66. The Morgan fingerprint density at radius 2 is 1.95 bits per heavy atom. The summed E-state index contributed by atoms with van der Waals surface area (Å²) < 4.78 is 31.7. The number of hydrogen-bond acceptors (Lipinski definition) is 4. The first-order valence-electron chi connectivity index (χ1n) is 6.61. The van der Waals surface area contributed by atoms with Crippen molar-refractivity contribution in [2.45, 2.75) is 19.8 Å². The molecular weight excluding hydrogens is 264 g/mol. The lowest BCUT2D eigenvalue weighted by Crippen LogP contribution is -2.36. The Morgan fingerprint density at radius 3 is 2.53 bits per heavy atom. The smallest absolute Gasteiger partial charge is 0.235 e. The third-order valence-corrected chi connectivity index (χ3v) is 5.39. The number of nitrogens with zero attached hydrogens (tertiary/aromatic N) is 2. The van der Waals surface area contributed by atoms with Gasteiger partial charge in [0.15, 0.2) is 0 Å². The second-order valence-electron chi connectivity index (χ2n) is 4.70. The van der Waals surface area contributed by atoms with Crippen molar-refractivity contribution in [2.24, 2.45) is 5.92 Å². The van der Waals surface area contributed by atoms with Crippen LogP contribution >= 0.6 is 0 Å². The SMILES string of the molecule is CCN(c1ccncc1)S(=O)(=O)CC1CCOCC1. The highest BCUT2D eigenvalue weighted by atomic mass is 32.2. The van der Waals surface area contributed by atoms with E-state index in [-0.39, 0.29) is 11.7 Å². The third kappa shape index (κ3) is 3.67. The summed E-state index contributed by atoms with van der Waals surface area (Å²) in [7, 11) is -3.28. The number of anilines is 1. The highest BCUT2D eigenvalue weighted by Gasteiger charge is 2.26. The van der Waals surface area contributed by atoms with Gasteiger partial charge in [-0.25, -0.2) is 8.42 Å². The Hall–Kier alpha value is -1.14. The first-order chi connectivity index (χ1) is 9.13. The molecule has 1 fully saturated rings. The van der Waals surface area contributed by atoms with Gasteiger partial charge in [0, 0.05) is 32.2 Å². The molecule has 0 bridgehead atoms. The molecule has 0 unspecified atom stereocenters. The Balaban J connectivity index is 2.12. The molecule has 2 heterocycles. The maximum absolute atomic E-state index is 12.5. The molecule has 0 saturated carbocycles. The Bertz CT molecular complexity index is 484. The summed E-state index contributed by atoms with van der Waals surface area (Å²) in [5, 5.41) is 0. The summed E-state index contributed by atoms with van der Waals surface area (Å²) in [5.41, 5.74) is 0.685. The molecule has 1 aliphatic heterocycles. The summed E-state index contributed by atoms with van der Waals surface area (Å²) >= 11 is 0. The van der Waals surface area contributed by atoms with E-state index in [1.807, 2.05) is 6.92 Å². The monoisotopic (exact) mass is 284 g/mol. The molecular formula is C13H20N2O3S. The van der Waals surface area contributed by atoms with Gasteiger partial charge in [-0.15, -0.1) is 0 Å². The summed E-state index contributed by atoms with van der Waals surface area (Å²) in [6.07, 6.45) is 4.88. The molecule has 0 amide bonds. The van der Waals surface area contributed by atoms with Gasteiger partial charge in [0.1, 0.15) is 0 Å². The van der Waals surface area contributed by atoms with Crippen molar-refractivity contribution in [3.8, 4) is 0 Å². The van der Waals surface area contributed by atoms with Gasteiger partial charge in [-0.05, 0) is 37.8 Å². The van der Waals surface area contributed by atoms with Crippen molar-refractivity contribution in [3.05, 3.63) is 24.5 Å². The molecule has 1 aromatic rings. The fourth-order valence-electron chi connectivity index (χ4n) is 2.35. The zero-order valence-electron chi connectivity index (χ0n) is 11.2. The van der Waals surface area contributed by atoms with E-state index in [4.69, 9.17) is 4.74 Å². The molecule has 0 atom stereocenters. The normalized spacial score (nSPS) is 17.3. The first kappa shape index (κ1) is 14.3. The predicted molar refractivity (Wildman–Crippen MR) is 74.6 cm³/mol. The van der Waals surface area contributed by atoms with E-state index in [1.165, 1.54) is 4.31 Å². The average molecular weight is 284 g/mol. The molecule has 106 valence electrons. The highest BCUT2D eigenvalue weighted by molar-refractivity contribution is 7.92. The number of aromatic nitrogens is 1. The van der Waals surface area contributed by atoms with Gasteiger partial charge in [-0.3, -0.25) is 9.29 Å². The molecule has 6 heteroatoms. The highest BCUT2D eigenvalue weighted by Crippen LogP contribution is 2.22. The largest absolute Gasteiger partial charge is 0.381 e. The first-order valence-corrected chi connectivity index (χ1v) is 8.22. The number of sulfonamides is 1. The Kier molecular flexibility index (Phi) is 4.76. The van der Waals surface area contributed by atoms with Gasteiger partial charge < -0.3 is 4.74 Å². The van der Waals surface area contributed by atoms with Crippen molar-refractivity contribution < 1.29 is 13.2 Å². The number of hydrogen-bond donors (Lipinski definition) is 0. The second kappa shape index (κ2) is 6.34. The third-order valence-electron chi connectivity index (χ3n) is 3.36. The van der Waals surface area contributed by atoms with Crippen LogP contribution in [-0.2, 0) is 14.8 Å². The van der Waals surface area contributed by atoms with Crippen LogP contribution in [0.5, 0.6) is 0 Å². The van der Waals surface area contributed by atoms with E-state index in [2.05, 4.69) is 4.98 Å². The topological polar surface area (TPSA) is 59.5 Å². The van der Waals surface area contributed by atoms with Crippen LogP contribution in [0.25, 0.3) is 0 Å². The minimum Gasteiger partial charge on any atom is -0.381 e. The van der Waals surface area contributed by atoms with Crippen LogP contribution in [0.3, 0.4) is 0 Å². The van der Waals surface area contributed by atoms with E-state index < -0.39 is 10.0 Å². The fraction of sp³-hybridized carbons (Fsp3) is 0.615. The van der Waals surface area contributed by atoms with Crippen molar-refractivity contribution in [1.29, 1.82) is 0 Å². The van der Waals surface area contributed by atoms with Crippen LogP contribution in [0.15, 0.2) is 24.5 Å². The van der Waals surface area contributed by atoms with Crippen LogP contribution in [0, 0.1) is 5.92 Å². The van der Waals surface area contributed by atoms with Gasteiger partial charge in [0.25, 0.3) is 0 Å². The van der Waals surface area contributed by atoms with Crippen molar-refractivity contribution in [2.75, 3.05) is 29.8 Å². The number of rotatable bonds is 5. The van der Waals surface area contributed by atoms with E-state index in [0.717, 1.165) is 12.8 Å². The average Bonchev–Trinajstić information content (AvgIpc) is 2.41. The van der Waals surface area contributed by atoms with Crippen molar-refractivity contribution >= 4 is 15.7 Å². The van der Waals surface area contributed by atoms with Gasteiger partial charge >= 0.3 is 0 Å². The molecule has 1 aromatic heterocycles. The van der Waals surface area contributed by atoms with E-state index in [0.29, 0.717) is 25.4 Å². The van der Waals surface area contributed by atoms with E-state index >= 15 is 0 Å². The Morgan fingerprint density at radius 1 is 1.32 bits per heavy atom. The minimum absolute atomic E-state index is 0.201. The number of pyridine rings is 1. The van der Waals surface area contributed by atoms with Gasteiger partial charge in [-0.2, -0.15) is 0 Å². The Labute approximate surface area is 114 Å². The van der Waals surface area contributed by atoms with Crippen LogP contribution in [0.2, 0.25) is 0 Å². The van der Waals surface area contributed by atoms with Crippen LogP contribution in [0.1, 0.15) is 19.8 Å². The lowest BCUT2D eigenvalue weighted by atomic mass is 10.0. The lowest BCUT2D eigenvalue weighted by molar-refractivity contribution is 0.0723. The van der Waals surface area contributed by atoms with Gasteiger partial charge in [0.05, 0.1) is 11.4 Å². The standard InChI is InChI=1S/C13H20N2O3S/c1-2-15(13-3-7-14-8-4-13)19(16,17)11-12-5-9-18-10-6-12/h3-4,7-8,12H,2,5-6,9-11H2,1H3. The molecule has 0 spiro atoms. The van der Waals surface area contributed by atoms with Gasteiger partial charge in [-0.1, -0.05) is 0 Å². The second-order valence-corrected chi connectivity index (χ2v) is 6.64. The molecule has 1 aliphatic rings. The summed E-state index contributed by atoms with van der Waals surface area (Å²) in [5.74, 6) is 0.404. The maximum Gasteiger partial charge on any atom is 0.235 e. The quantitative estimate of drug-likeness (QED) is 0.825. The lowest BCUT2D eigenvalue weighted by Gasteiger charge is -2.27. The van der Waals surface area contributed by atoms with Crippen LogP contribution in [-0.4, -0.2) is 38.9 Å². The van der Waals surface area contributed by atoms with Crippen LogP contribution in [0.4, 0.5) is 5.69 Å². The maximum atomic E-state index is 12.5. The summed E-state index contributed by atoms with van der Waals surface area (Å²) in [6.45, 7) is 3.63. The minimum atomic E-state index is -3.28. The van der Waals surface area contributed by atoms with Crippen LogP contribution < -0.4 is 4.31 Å².